The van der Waals surface area contributed by atoms with E-state index in [4.69, 9.17) is 9.84 Å². The van der Waals surface area contributed by atoms with Crippen LogP contribution in [0.2, 0.25) is 0 Å². The average Bonchev–Trinajstić information content (AvgIpc) is 2.82. The van der Waals surface area contributed by atoms with Gasteiger partial charge in [0.05, 0.1) is 32.1 Å². The van der Waals surface area contributed by atoms with Crippen LogP contribution in [-0.4, -0.2) is 40.3 Å². The third kappa shape index (κ3) is 4.31. The number of ether oxygens (including phenoxy) is 1. The number of nitrogens with zero attached hydrogens (tertiary/aromatic N) is 2. The quantitative estimate of drug-likeness (QED) is 0.684. The van der Waals surface area contributed by atoms with Gasteiger partial charge in [0, 0.05) is 24.3 Å². The molecule has 3 N–H and O–H groups in total. The van der Waals surface area contributed by atoms with Gasteiger partial charge in [-0.3, -0.25) is 4.68 Å². The molecule has 0 aliphatic carbocycles. The molecule has 1 aromatic heterocycles. The highest BCUT2D eigenvalue weighted by Gasteiger charge is 2.12. The Hall–Kier alpha value is -1.89. The molecule has 6 nitrogen and oxygen atoms in total. The van der Waals surface area contributed by atoms with Crippen LogP contribution in [-0.2, 0) is 13.1 Å². The van der Waals surface area contributed by atoms with Gasteiger partial charge in [0.15, 0.2) is 0 Å². The minimum Gasteiger partial charge on any atom is -0.497 e. The first-order valence-corrected chi connectivity index (χ1v) is 7.73. The SMILES string of the molecule is COc1ccc([C@H](O)CNCc2c(C)nn(CCO)c2C)cc1. The molecule has 2 aromatic rings. The molecule has 0 saturated carbocycles. The van der Waals surface area contributed by atoms with Crippen molar-refractivity contribution in [2.24, 2.45) is 0 Å². The van der Waals surface area contributed by atoms with Gasteiger partial charge in [-0.1, -0.05) is 12.1 Å². The number of aromatic nitrogens is 2. The lowest BCUT2D eigenvalue weighted by atomic mass is 10.1. The molecule has 1 atom stereocenters. The van der Waals surface area contributed by atoms with Crippen LogP contribution in [0, 0.1) is 13.8 Å². The third-order valence-corrected chi connectivity index (χ3v) is 3.98. The lowest BCUT2D eigenvalue weighted by molar-refractivity contribution is 0.174. The fourth-order valence-corrected chi connectivity index (χ4v) is 2.58. The Morgan fingerprint density at radius 2 is 1.96 bits per heavy atom. The Bertz CT molecular complexity index is 623. The molecule has 2 rings (SSSR count). The molecule has 0 spiro atoms. The second kappa shape index (κ2) is 8.10. The summed E-state index contributed by atoms with van der Waals surface area (Å²) in [5.74, 6) is 0.774. The van der Waals surface area contributed by atoms with Crippen molar-refractivity contribution in [3.8, 4) is 5.75 Å². The monoisotopic (exact) mass is 319 g/mol. The van der Waals surface area contributed by atoms with Crippen molar-refractivity contribution in [3.63, 3.8) is 0 Å². The summed E-state index contributed by atoms with van der Waals surface area (Å²) in [6.45, 7) is 5.61. The summed E-state index contributed by atoms with van der Waals surface area (Å²) in [4.78, 5) is 0. The van der Waals surface area contributed by atoms with E-state index >= 15 is 0 Å². The molecule has 23 heavy (non-hydrogen) atoms. The van der Waals surface area contributed by atoms with Crippen molar-refractivity contribution in [2.75, 3.05) is 20.3 Å². The second-order valence-electron chi connectivity index (χ2n) is 5.52. The van der Waals surface area contributed by atoms with Crippen molar-refractivity contribution in [1.29, 1.82) is 0 Å². The van der Waals surface area contributed by atoms with Crippen LogP contribution >= 0.6 is 0 Å². The van der Waals surface area contributed by atoms with Crippen molar-refractivity contribution in [3.05, 3.63) is 46.8 Å². The van der Waals surface area contributed by atoms with Gasteiger partial charge in [0.2, 0.25) is 0 Å². The van der Waals surface area contributed by atoms with Crippen LogP contribution < -0.4 is 10.1 Å². The maximum atomic E-state index is 10.2. The molecule has 0 fully saturated rings. The van der Waals surface area contributed by atoms with E-state index in [9.17, 15) is 5.11 Å². The lowest BCUT2D eigenvalue weighted by Gasteiger charge is -2.13. The van der Waals surface area contributed by atoms with Crippen LogP contribution in [0.5, 0.6) is 5.75 Å². The van der Waals surface area contributed by atoms with Crippen LogP contribution in [0.25, 0.3) is 0 Å². The average molecular weight is 319 g/mol. The second-order valence-corrected chi connectivity index (χ2v) is 5.52. The normalized spacial score (nSPS) is 12.4. The van der Waals surface area contributed by atoms with E-state index in [0.29, 0.717) is 19.6 Å². The molecular weight excluding hydrogens is 294 g/mol. The first kappa shape index (κ1) is 17.5. The molecule has 0 aliphatic heterocycles. The number of aliphatic hydroxyl groups is 2. The summed E-state index contributed by atoms with van der Waals surface area (Å²) >= 11 is 0. The third-order valence-electron chi connectivity index (χ3n) is 3.98. The van der Waals surface area contributed by atoms with Gasteiger partial charge in [-0.15, -0.1) is 0 Å². The highest BCUT2D eigenvalue weighted by molar-refractivity contribution is 5.28. The lowest BCUT2D eigenvalue weighted by Crippen LogP contribution is -2.21. The highest BCUT2D eigenvalue weighted by Crippen LogP contribution is 2.18. The Balaban J connectivity index is 1.91. The van der Waals surface area contributed by atoms with E-state index in [-0.39, 0.29) is 6.61 Å². The van der Waals surface area contributed by atoms with Crippen molar-refractivity contribution >= 4 is 0 Å². The molecule has 0 bridgehead atoms. The molecule has 0 amide bonds. The number of aliphatic hydroxyl groups excluding tert-OH is 2. The molecule has 0 saturated heterocycles. The number of rotatable bonds is 8. The maximum absolute atomic E-state index is 10.2. The van der Waals surface area contributed by atoms with Gasteiger partial charge in [0.1, 0.15) is 5.75 Å². The van der Waals surface area contributed by atoms with Gasteiger partial charge in [-0.05, 0) is 31.5 Å². The highest BCUT2D eigenvalue weighted by atomic mass is 16.5. The predicted octanol–water partition coefficient (Wildman–Crippen LogP) is 1.32. The Kier molecular flexibility index (Phi) is 6.15. The Morgan fingerprint density at radius 1 is 1.26 bits per heavy atom. The van der Waals surface area contributed by atoms with Gasteiger partial charge in [0.25, 0.3) is 0 Å². The summed E-state index contributed by atoms with van der Waals surface area (Å²) in [6, 6.07) is 7.40. The zero-order valence-electron chi connectivity index (χ0n) is 13.9. The fourth-order valence-electron chi connectivity index (χ4n) is 2.58. The number of methoxy groups -OCH3 is 1. The predicted molar refractivity (Wildman–Crippen MR) is 88.4 cm³/mol. The van der Waals surface area contributed by atoms with Gasteiger partial charge < -0.3 is 20.3 Å². The van der Waals surface area contributed by atoms with Crippen molar-refractivity contribution < 1.29 is 14.9 Å². The molecule has 126 valence electrons. The van der Waals surface area contributed by atoms with Crippen LogP contribution in [0.3, 0.4) is 0 Å². The summed E-state index contributed by atoms with van der Waals surface area (Å²) in [6.07, 6.45) is -0.575. The summed E-state index contributed by atoms with van der Waals surface area (Å²) < 4.78 is 6.92. The minimum atomic E-state index is -0.575. The van der Waals surface area contributed by atoms with E-state index in [0.717, 1.165) is 28.3 Å². The zero-order valence-corrected chi connectivity index (χ0v) is 13.9. The fraction of sp³-hybridized carbons (Fsp3) is 0.471. The van der Waals surface area contributed by atoms with Crippen LogP contribution in [0.15, 0.2) is 24.3 Å². The topological polar surface area (TPSA) is 79.5 Å². The molecule has 1 heterocycles. The zero-order chi connectivity index (χ0) is 16.8. The van der Waals surface area contributed by atoms with Crippen molar-refractivity contribution in [1.82, 2.24) is 15.1 Å². The number of aryl methyl sites for hydroxylation is 1. The van der Waals surface area contributed by atoms with Gasteiger partial charge in [-0.2, -0.15) is 5.10 Å². The standard InChI is InChI=1S/C17H25N3O3/c1-12-16(13(2)20(19-12)8-9-21)10-18-11-17(22)14-4-6-15(23-3)7-5-14/h4-7,17-18,21-22H,8-11H2,1-3H3/t17-/m1/s1. The van der Waals surface area contributed by atoms with E-state index in [1.54, 1.807) is 7.11 Å². The number of nitrogens with one attached hydrogen (secondary N) is 1. The van der Waals surface area contributed by atoms with E-state index in [2.05, 4.69) is 10.4 Å². The van der Waals surface area contributed by atoms with E-state index < -0.39 is 6.10 Å². The number of benzene rings is 1. The first-order valence-electron chi connectivity index (χ1n) is 7.73. The molecule has 6 heteroatoms. The maximum Gasteiger partial charge on any atom is 0.118 e. The van der Waals surface area contributed by atoms with Gasteiger partial charge in [-0.25, -0.2) is 0 Å². The van der Waals surface area contributed by atoms with E-state index in [1.807, 2.05) is 42.8 Å². The van der Waals surface area contributed by atoms with Gasteiger partial charge >= 0.3 is 0 Å². The van der Waals surface area contributed by atoms with Crippen LogP contribution in [0.4, 0.5) is 0 Å². The summed E-state index contributed by atoms with van der Waals surface area (Å²) in [7, 11) is 1.62. The molecule has 0 aliphatic rings. The minimum absolute atomic E-state index is 0.0744. The number of hydrogen-bond donors (Lipinski definition) is 3. The Labute approximate surface area is 136 Å². The molecule has 0 radical (unpaired) electrons. The molecular formula is C17H25N3O3. The summed E-state index contributed by atoms with van der Waals surface area (Å²) in [5, 5.41) is 27.0. The smallest absolute Gasteiger partial charge is 0.118 e. The number of hydrogen-bond acceptors (Lipinski definition) is 5. The largest absolute Gasteiger partial charge is 0.497 e. The molecule has 1 aromatic carbocycles. The van der Waals surface area contributed by atoms with Crippen molar-refractivity contribution in [2.45, 2.75) is 33.0 Å². The molecule has 0 unspecified atom stereocenters. The van der Waals surface area contributed by atoms with E-state index in [1.165, 1.54) is 0 Å². The first-order chi connectivity index (χ1) is 11.1. The Morgan fingerprint density at radius 3 is 2.57 bits per heavy atom. The summed E-state index contributed by atoms with van der Waals surface area (Å²) in [5.41, 5.74) is 3.95. The van der Waals surface area contributed by atoms with Crippen LogP contribution in [0.1, 0.15) is 28.6 Å².